The molecule has 0 amide bonds. The third-order valence-electron chi connectivity index (χ3n) is 10.4. The van der Waals surface area contributed by atoms with Crippen LogP contribution in [0.1, 0.15) is 43.6 Å². The lowest BCUT2D eigenvalue weighted by molar-refractivity contribution is 0.444. The summed E-state index contributed by atoms with van der Waals surface area (Å²) in [6, 6.07) is 49.2. The van der Waals surface area contributed by atoms with Gasteiger partial charge in [-0.2, -0.15) is 0 Å². The van der Waals surface area contributed by atoms with Crippen molar-refractivity contribution < 1.29 is 4.42 Å². The molecular formula is C44H33NOS. The van der Waals surface area contributed by atoms with E-state index in [1.807, 2.05) is 17.4 Å². The van der Waals surface area contributed by atoms with E-state index in [9.17, 15) is 0 Å². The number of hydrogen-bond acceptors (Lipinski definition) is 3. The van der Waals surface area contributed by atoms with Crippen molar-refractivity contribution in [1.82, 2.24) is 0 Å². The molecule has 1 saturated carbocycles. The molecule has 0 aliphatic heterocycles. The zero-order chi connectivity index (χ0) is 30.9. The molecule has 10 rings (SSSR count). The summed E-state index contributed by atoms with van der Waals surface area (Å²) in [5.41, 5.74) is 6.63. The average molecular weight is 624 g/mol. The molecular weight excluding hydrogens is 591 g/mol. The fraction of sp³-hybridized carbons (Fsp3) is 0.136. The average Bonchev–Trinajstić information content (AvgIpc) is 3.71. The van der Waals surface area contributed by atoms with E-state index in [1.54, 1.807) is 0 Å². The highest BCUT2D eigenvalue weighted by Crippen LogP contribution is 2.48. The van der Waals surface area contributed by atoms with Crippen molar-refractivity contribution in [3.8, 4) is 0 Å². The van der Waals surface area contributed by atoms with Gasteiger partial charge in [-0.25, -0.2) is 0 Å². The highest BCUT2D eigenvalue weighted by molar-refractivity contribution is 7.26. The molecule has 2 heterocycles. The number of para-hydroxylation sites is 2. The zero-order valence-corrected chi connectivity index (χ0v) is 26.9. The van der Waals surface area contributed by atoms with Crippen LogP contribution in [0, 0.1) is 0 Å². The van der Waals surface area contributed by atoms with Gasteiger partial charge in [-0.15, -0.1) is 11.3 Å². The third kappa shape index (κ3) is 4.30. The summed E-state index contributed by atoms with van der Waals surface area (Å²) in [4.78, 5) is 2.42. The lowest BCUT2D eigenvalue weighted by Gasteiger charge is -2.27. The molecule has 7 aromatic carbocycles. The molecule has 2 aromatic heterocycles. The lowest BCUT2D eigenvalue weighted by atomic mass is 9.83. The van der Waals surface area contributed by atoms with Gasteiger partial charge in [-0.3, -0.25) is 0 Å². The molecule has 1 fully saturated rings. The van der Waals surface area contributed by atoms with Crippen molar-refractivity contribution in [2.75, 3.05) is 4.90 Å². The largest absolute Gasteiger partial charge is 0.454 e. The Balaban J connectivity index is 1.21. The van der Waals surface area contributed by atoms with E-state index in [2.05, 4.69) is 132 Å². The van der Waals surface area contributed by atoms with E-state index in [0.717, 1.165) is 39.0 Å². The smallest absolute Gasteiger partial charge is 0.159 e. The van der Waals surface area contributed by atoms with Gasteiger partial charge in [0.1, 0.15) is 5.58 Å². The minimum Gasteiger partial charge on any atom is -0.454 e. The van der Waals surface area contributed by atoms with Crippen LogP contribution in [0.2, 0.25) is 0 Å². The van der Waals surface area contributed by atoms with Crippen LogP contribution in [0.4, 0.5) is 17.1 Å². The SMILES string of the molecule is c1ccc2c(c1)oc1c(N(c3ccc4c(ccc5cc(C6CCCCC6)ccc54)c3)c3cccc4sc5ccccc5c34)cccc12. The van der Waals surface area contributed by atoms with Gasteiger partial charge >= 0.3 is 0 Å². The Morgan fingerprint density at radius 3 is 2.13 bits per heavy atom. The summed E-state index contributed by atoms with van der Waals surface area (Å²) in [6.45, 7) is 0. The molecule has 0 bridgehead atoms. The molecule has 0 radical (unpaired) electrons. The number of nitrogens with zero attached hydrogens (tertiary/aromatic N) is 1. The van der Waals surface area contributed by atoms with Crippen LogP contribution in [-0.4, -0.2) is 0 Å². The Morgan fingerprint density at radius 1 is 0.532 bits per heavy atom. The van der Waals surface area contributed by atoms with Gasteiger partial charge in [0, 0.05) is 36.6 Å². The topological polar surface area (TPSA) is 16.4 Å². The van der Waals surface area contributed by atoms with Crippen molar-refractivity contribution >= 4 is 92.1 Å². The Hall–Kier alpha value is -5.12. The maximum atomic E-state index is 6.66. The summed E-state index contributed by atoms with van der Waals surface area (Å²) in [5.74, 6) is 0.705. The van der Waals surface area contributed by atoms with Gasteiger partial charge in [0.05, 0.1) is 11.4 Å². The fourth-order valence-electron chi connectivity index (χ4n) is 8.16. The molecule has 0 unspecified atom stereocenters. The Bertz CT molecular complexity index is 2640. The van der Waals surface area contributed by atoms with Gasteiger partial charge in [0.15, 0.2) is 5.58 Å². The van der Waals surface area contributed by atoms with E-state index < -0.39 is 0 Å². The number of furan rings is 1. The Morgan fingerprint density at radius 2 is 1.23 bits per heavy atom. The standard InChI is InChI=1S/C44H33NOS/c1-2-10-28(11-3-1)29-22-24-33-30(26-29)20-21-31-27-32(23-25-34(31)33)45(38-15-9-19-42-43(38)37-13-5-7-18-41(37)47-42)39-16-8-14-36-35-12-4-6-17-40(35)46-44(36)39/h4-9,12-28H,1-3,10-11H2. The van der Waals surface area contributed by atoms with Crippen molar-refractivity contribution in [2.24, 2.45) is 0 Å². The number of hydrogen-bond donors (Lipinski definition) is 0. The van der Waals surface area contributed by atoms with E-state index in [1.165, 1.54) is 79.4 Å². The van der Waals surface area contributed by atoms with Crippen LogP contribution < -0.4 is 4.90 Å². The van der Waals surface area contributed by atoms with Gasteiger partial charge in [0.2, 0.25) is 0 Å². The van der Waals surface area contributed by atoms with Crippen LogP contribution in [0.15, 0.2) is 138 Å². The van der Waals surface area contributed by atoms with Crippen LogP contribution in [-0.2, 0) is 0 Å². The highest BCUT2D eigenvalue weighted by Gasteiger charge is 2.23. The first-order valence-corrected chi connectivity index (χ1v) is 17.7. The first-order chi connectivity index (χ1) is 23.3. The first kappa shape index (κ1) is 27.0. The lowest BCUT2D eigenvalue weighted by Crippen LogP contribution is -2.10. The number of benzene rings is 7. The number of thiophene rings is 1. The highest BCUT2D eigenvalue weighted by atomic mass is 32.1. The van der Waals surface area contributed by atoms with Crippen molar-refractivity contribution in [2.45, 2.75) is 38.0 Å². The molecule has 0 atom stereocenters. The Kier molecular flexibility index (Phi) is 6.17. The summed E-state index contributed by atoms with van der Waals surface area (Å²) in [5, 5.41) is 10.0. The minimum atomic E-state index is 0.705. The fourth-order valence-corrected chi connectivity index (χ4v) is 9.29. The van der Waals surface area contributed by atoms with Crippen LogP contribution >= 0.6 is 11.3 Å². The van der Waals surface area contributed by atoms with E-state index >= 15 is 0 Å². The van der Waals surface area contributed by atoms with Crippen molar-refractivity contribution in [3.63, 3.8) is 0 Å². The number of rotatable bonds is 4. The van der Waals surface area contributed by atoms with Crippen molar-refractivity contribution in [1.29, 1.82) is 0 Å². The molecule has 1 aliphatic carbocycles. The second kappa shape index (κ2) is 10.7. The number of anilines is 3. The Labute approximate surface area is 277 Å². The zero-order valence-electron chi connectivity index (χ0n) is 26.1. The molecule has 3 heteroatoms. The maximum Gasteiger partial charge on any atom is 0.159 e. The van der Waals surface area contributed by atoms with Crippen LogP contribution in [0.3, 0.4) is 0 Å². The predicted octanol–water partition coefficient (Wildman–Crippen LogP) is 13.8. The normalized spacial score (nSPS) is 14.3. The summed E-state index contributed by atoms with van der Waals surface area (Å²) < 4.78 is 9.24. The predicted molar refractivity (Wildman–Crippen MR) is 202 cm³/mol. The van der Waals surface area contributed by atoms with Gasteiger partial charge in [-0.1, -0.05) is 110 Å². The van der Waals surface area contributed by atoms with E-state index in [-0.39, 0.29) is 0 Å². The molecule has 47 heavy (non-hydrogen) atoms. The first-order valence-electron chi connectivity index (χ1n) is 16.9. The molecule has 1 aliphatic rings. The van der Waals surface area contributed by atoms with Crippen molar-refractivity contribution in [3.05, 3.63) is 139 Å². The maximum absolute atomic E-state index is 6.66. The summed E-state index contributed by atoms with van der Waals surface area (Å²) in [7, 11) is 0. The van der Waals surface area contributed by atoms with Crippen LogP contribution in [0.5, 0.6) is 0 Å². The summed E-state index contributed by atoms with van der Waals surface area (Å²) >= 11 is 1.86. The second-order valence-electron chi connectivity index (χ2n) is 13.1. The van der Waals surface area contributed by atoms with Gasteiger partial charge in [-0.05, 0) is 88.3 Å². The molecule has 0 saturated heterocycles. The van der Waals surface area contributed by atoms with Gasteiger partial charge in [0.25, 0.3) is 0 Å². The van der Waals surface area contributed by atoms with E-state index in [0.29, 0.717) is 5.92 Å². The summed E-state index contributed by atoms with van der Waals surface area (Å²) in [6.07, 6.45) is 6.74. The minimum absolute atomic E-state index is 0.705. The molecule has 2 nitrogen and oxygen atoms in total. The van der Waals surface area contributed by atoms with Gasteiger partial charge < -0.3 is 9.32 Å². The molecule has 226 valence electrons. The molecule has 0 N–H and O–H groups in total. The molecule has 9 aromatic rings. The third-order valence-corrected chi connectivity index (χ3v) is 11.6. The number of fused-ring (bicyclic) bond motifs is 9. The van der Waals surface area contributed by atoms with Crippen LogP contribution in [0.25, 0.3) is 63.7 Å². The second-order valence-corrected chi connectivity index (χ2v) is 14.2. The quantitative estimate of drug-likeness (QED) is 0.181. The monoisotopic (exact) mass is 623 g/mol. The molecule has 0 spiro atoms. The van der Waals surface area contributed by atoms with E-state index in [4.69, 9.17) is 4.42 Å².